The quantitative estimate of drug-likeness (QED) is 0.493. The minimum atomic E-state index is -0.498. The van der Waals surface area contributed by atoms with Crippen LogP contribution in [0, 0.1) is 0 Å². The van der Waals surface area contributed by atoms with Crippen LogP contribution in [0.5, 0.6) is 5.75 Å². The van der Waals surface area contributed by atoms with Gasteiger partial charge in [0.15, 0.2) is 0 Å². The van der Waals surface area contributed by atoms with Gasteiger partial charge in [-0.25, -0.2) is 4.79 Å². The van der Waals surface area contributed by atoms with Crippen molar-refractivity contribution in [1.82, 2.24) is 0 Å². The van der Waals surface area contributed by atoms with Crippen LogP contribution < -0.4 is 10.1 Å². The van der Waals surface area contributed by atoms with Crippen LogP contribution in [-0.4, -0.2) is 23.6 Å². The Hall–Kier alpha value is -1.23. The van der Waals surface area contributed by atoms with Gasteiger partial charge in [-0.1, -0.05) is 28.8 Å². The van der Waals surface area contributed by atoms with E-state index in [0.717, 1.165) is 24.1 Å². The number of hydrogen-bond donors (Lipinski definition) is 1. The molecule has 0 aromatic heterocycles. The molecule has 22 heavy (non-hydrogen) atoms. The molecule has 0 fully saturated rings. The molecule has 0 aliphatic carbocycles. The molecule has 0 saturated heterocycles. The summed E-state index contributed by atoms with van der Waals surface area (Å²) in [5.41, 5.74) is 0.195. The van der Waals surface area contributed by atoms with E-state index in [1.807, 2.05) is 45.0 Å². The highest BCUT2D eigenvalue weighted by Gasteiger charge is 2.16. The first kappa shape index (κ1) is 18.8. The Morgan fingerprint density at radius 2 is 1.73 bits per heavy atom. The lowest BCUT2D eigenvalue weighted by Gasteiger charge is -2.19. The Labute approximate surface area is 141 Å². The van der Waals surface area contributed by atoms with E-state index in [2.05, 4.69) is 21.2 Å². The van der Waals surface area contributed by atoms with Gasteiger partial charge in [-0.15, -0.1) is 0 Å². The summed E-state index contributed by atoms with van der Waals surface area (Å²) in [7, 11) is 0. The first-order chi connectivity index (χ1) is 10.4. The lowest BCUT2D eigenvalue weighted by atomic mass is 10.2. The van der Waals surface area contributed by atoms with Crippen molar-refractivity contribution < 1.29 is 14.3 Å². The number of carbonyl (C=O) groups is 1. The molecule has 5 heteroatoms. The van der Waals surface area contributed by atoms with E-state index >= 15 is 0 Å². The monoisotopic (exact) mass is 371 g/mol. The molecular formula is C17H26BrNO3. The Bertz CT molecular complexity index is 440. The number of ether oxygens (including phenoxy) is 2. The number of benzene rings is 1. The van der Waals surface area contributed by atoms with Gasteiger partial charge < -0.3 is 9.47 Å². The number of alkyl halides is 1. The Morgan fingerprint density at radius 3 is 2.32 bits per heavy atom. The third kappa shape index (κ3) is 8.93. The lowest BCUT2D eigenvalue weighted by Crippen LogP contribution is -2.27. The van der Waals surface area contributed by atoms with E-state index in [0.29, 0.717) is 5.69 Å². The fourth-order valence-electron chi connectivity index (χ4n) is 1.80. The predicted octanol–water partition coefficient (Wildman–Crippen LogP) is 5.37. The summed E-state index contributed by atoms with van der Waals surface area (Å²) in [5.74, 6) is 0.815. The molecule has 1 amide bonds. The van der Waals surface area contributed by atoms with Crippen LogP contribution in [-0.2, 0) is 4.74 Å². The van der Waals surface area contributed by atoms with Crippen molar-refractivity contribution in [2.45, 2.75) is 52.1 Å². The molecule has 1 aromatic rings. The minimum Gasteiger partial charge on any atom is -0.494 e. The van der Waals surface area contributed by atoms with Gasteiger partial charge in [0, 0.05) is 11.0 Å². The molecule has 0 aliphatic heterocycles. The van der Waals surface area contributed by atoms with Gasteiger partial charge >= 0.3 is 6.09 Å². The van der Waals surface area contributed by atoms with Gasteiger partial charge in [0.2, 0.25) is 0 Å². The second kappa shape index (κ2) is 9.72. The molecule has 0 bridgehead atoms. The van der Waals surface area contributed by atoms with Crippen molar-refractivity contribution in [2.75, 3.05) is 17.3 Å². The molecule has 0 radical (unpaired) electrons. The summed E-state index contributed by atoms with van der Waals surface area (Å²) >= 11 is 3.42. The summed E-state index contributed by atoms with van der Waals surface area (Å²) in [6.45, 7) is 6.23. The van der Waals surface area contributed by atoms with E-state index in [9.17, 15) is 4.79 Å². The molecule has 0 aliphatic rings. The predicted molar refractivity (Wildman–Crippen MR) is 94.1 cm³/mol. The highest BCUT2D eigenvalue weighted by atomic mass is 79.9. The normalized spacial score (nSPS) is 11.1. The molecule has 1 aromatic carbocycles. The summed E-state index contributed by atoms with van der Waals surface area (Å²) < 4.78 is 10.9. The number of carbonyl (C=O) groups excluding carboxylic acids is 1. The van der Waals surface area contributed by atoms with E-state index in [1.54, 1.807) is 0 Å². The molecule has 0 unspecified atom stereocenters. The van der Waals surface area contributed by atoms with Crippen molar-refractivity contribution in [2.24, 2.45) is 0 Å². The van der Waals surface area contributed by atoms with Crippen LogP contribution in [0.25, 0.3) is 0 Å². The summed E-state index contributed by atoms with van der Waals surface area (Å²) in [6.07, 6.45) is 4.24. The Kier molecular flexibility index (Phi) is 8.31. The first-order valence-electron chi connectivity index (χ1n) is 7.69. The van der Waals surface area contributed by atoms with Crippen molar-refractivity contribution in [1.29, 1.82) is 0 Å². The molecule has 1 rings (SSSR count). The molecule has 0 atom stereocenters. The topological polar surface area (TPSA) is 47.6 Å². The Morgan fingerprint density at radius 1 is 1.09 bits per heavy atom. The van der Waals surface area contributed by atoms with Crippen LogP contribution in [0.1, 0.15) is 46.5 Å². The largest absolute Gasteiger partial charge is 0.494 e. The van der Waals surface area contributed by atoms with Crippen molar-refractivity contribution in [3.63, 3.8) is 0 Å². The average molecular weight is 372 g/mol. The second-order valence-electron chi connectivity index (χ2n) is 6.10. The van der Waals surface area contributed by atoms with Crippen LogP contribution in [0.15, 0.2) is 24.3 Å². The fraction of sp³-hybridized carbons (Fsp3) is 0.588. The number of rotatable bonds is 8. The molecule has 0 spiro atoms. The molecule has 4 nitrogen and oxygen atoms in total. The molecule has 0 saturated carbocycles. The lowest BCUT2D eigenvalue weighted by molar-refractivity contribution is 0.0636. The Balaban J connectivity index is 2.29. The third-order valence-electron chi connectivity index (χ3n) is 2.80. The van der Waals surface area contributed by atoms with E-state index in [4.69, 9.17) is 9.47 Å². The van der Waals surface area contributed by atoms with Crippen molar-refractivity contribution in [3.05, 3.63) is 24.3 Å². The van der Waals surface area contributed by atoms with Gasteiger partial charge in [0.05, 0.1) is 6.61 Å². The minimum absolute atomic E-state index is 0.451. The number of anilines is 1. The fourth-order valence-corrected chi connectivity index (χ4v) is 2.19. The van der Waals surface area contributed by atoms with E-state index in [1.165, 1.54) is 19.3 Å². The van der Waals surface area contributed by atoms with Crippen LogP contribution in [0.2, 0.25) is 0 Å². The molecular weight excluding hydrogens is 346 g/mol. The molecule has 1 N–H and O–H groups in total. The maximum absolute atomic E-state index is 11.6. The number of unbranched alkanes of at least 4 members (excludes halogenated alkanes) is 3. The van der Waals surface area contributed by atoms with Gasteiger partial charge in [-0.2, -0.15) is 0 Å². The number of halogens is 1. The highest BCUT2D eigenvalue weighted by Crippen LogP contribution is 2.17. The van der Waals surface area contributed by atoms with Crippen LogP contribution in [0.3, 0.4) is 0 Å². The maximum Gasteiger partial charge on any atom is 0.412 e. The zero-order valence-electron chi connectivity index (χ0n) is 13.7. The molecule has 124 valence electrons. The zero-order chi connectivity index (χ0) is 16.4. The van der Waals surface area contributed by atoms with E-state index < -0.39 is 11.7 Å². The van der Waals surface area contributed by atoms with Gasteiger partial charge in [-0.05, 0) is 57.9 Å². The highest BCUT2D eigenvalue weighted by molar-refractivity contribution is 9.09. The van der Waals surface area contributed by atoms with Gasteiger partial charge in [0.25, 0.3) is 0 Å². The molecule has 0 heterocycles. The van der Waals surface area contributed by atoms with Crippen molar-refractivity contribution in [3.8, 4) is 5.75 Å². The van der Waals surface area contributed by atoms with E-state index in [-0.39, 0.29) is 0 Å². The average Bonchev–Trinajstić information content (AvgIpc) is 2.42. The smallest absolute Gasteiger partial charge is 0.412 e. The third-order valence-corrected chi connectivity index (χ3v) is 3.36. The first-order valence-corrected chi connectivity index (χ1v) is 8.82. The van der Waals surface area contributed by atoms with Crippen LogP contribution >= 0.6 is 15.9 Å². The number of nitrogens with one attached hydrogen (secondary N) is 1. The number of amides is 1. The van der Waals surface area contributed by atoms with Gasteiger partial charge in [0.1, 0.15) is 11.4 Å². The summed E-state index contributed by atoms with van der Waals surface area (Å²) in [5, 5.41) is 3.76. The SMILES string of the molecule is CC(C)(C)OC(=O)Nc1ccc(OCCCCCCBr)cc1. The number of hydrogen-bond acceptors (Lipinski definition) is 3. The van der Waals surface area contributed by atoms with Crippen LogP contribution in [0.4, 0.5) is 10.5 Å². The van der Waals surface area contributed by atoms with Gasteiger partial charge in [-0.3, -0.25) is 5.32 Å². The second-order valence-corrected chi connectivity index (χ2v) is 6.90. The summed E-state index contributed by atoms with van der Waals surface area (Å²) in [6, 6.07) is 7.32. The standard InChI is InChI=1S/C17H26BrNO3/c1-17(2,3)22-16(20)19-14-8-10-15(11-9-14)21-13-7-5-4-6-12-18/h8-11H,4-7,12-13H2,1-3H3,(H,19,20). The summed E-state index contributed by atoms with van der Waals surface area (Å²) in [4.78, 5) is 11.6. The van der Waals surface area contributed by atoms with Crippen molar-refractivity contribution >= 4 is 27.7 Å². The zero-order valence-corrected chi connectivity index (χ0v) is 15.2. The maximum atomic E-state index is 11.6.